The number of hydrogen-bond donors (Lipinski definition) is 1. The molecule has 7 nitrogen and oxygen atoms in total. The Morgan fingerprint density at radius 1 is 0.897 bits per heavy atom. The second-order valence-corrected chi connectivity index (χ2v) is 7.41. The summed E-state index contributed by atoms with van der Waals surface area (Å²) in [6.45, 7) is 0. The van der Waals surface area contributed by atoms with Gasteiger partial charge >= 0.3 is 0 Å². The fourth-order valence-corrected chi connectivity index (χ4v) is 4.11. The summed E-state index contributed by atoms with van der Waals surface area (Å²) in [6, 6.07) is 12.2. The van der Waals surface area contributed by atoms with Gasteiger partial charge in [-0.25, -0.2) is 0 Å². The van der Waals surface area contributed by atoms with Crippen LogP contribution in [0.15, 0.2) is 48.7 Å². The molecule has 1 aromatic heterocycles. The summed E-state index contributed by atoms with van der Waals surface area (Å²) in [6.07, 6.45) is 2.23. The molecule has 29 heavy (non-hydrogen) atoms. The van der Waals surface area contributed by atoms with Crippen molar-refractivity contribution in [3.63, 3.8) is 0 Å². The zero-order valence-electron chi connectivity index (χ0n) is 15.6. The predicted molar refractivity (Wildman–Crippen MR) is 105 cm³/mol. The smallest absolute Gasteiger partial charge is 0.262 e. The Morgan fingerprint density at radius 2 is 1.62 bits per heavy atom. The van der Waals surface area contributed by atoms with Gasteiger partial charge in [-0.05, 0) is 47.9 Å². The number of carbonyl (C=O) groups excluding carboxylic acids is 4. The molecule has 0 aliphatic carbocycles. The molecule has 3 heterocycles. The van der Waals surface area contributed by atoms with Crippen molar-refractivity contribution in [3.8, 4) is 11.1 Å². The van der Waals surface area contributed by atoms with E-state index in [1.54, 1.807) is 12.1 Å². The lowest BCUT2D eigenvalue weighted by Crippen LogP contribution is -2.54. The van der Waals surface area contributed by atoms with Gasteiger partial charge in [-0.15, -0.1) is 0 Å². The maximum absolute atomic E-state index is 13.0. The highest BCUT2D eigenvalue weighted by molar-refractivity contribution is 6.23. The Hall–Kier alpha value is -3.74. The van der Waals surface area contributed by atoms with Crippen molar-refractivity contribution in [1.82, 2.24) is 14.8 Å². The molecule has 7 heteroatoms. The highest BCUT2D eigenvalue weighted by Crippen LogP contribution is 2.32. The Labute approximate surface area is 165 Å². The molecule has 2 aliphatic heterocycles. The van der Waals surface area contributed by atoms with Crippen LogP contribution in [0.4, 0.5) is 0 Å². The summed E-state index contributed by atoms with van der Waals surface area (Å²) in [5, 5.41) is 3.29. The Morgan fingerprint density at radius 3 is 2.41 bits per heavy atom. The second kappa shape index (κ2) is 6.13. The number of aromatic nitrogens is 1. The van der Waals surface area contributed by atoms with Gasteiger partial charge in [0.1, 0.15) is 6.04 Å². The summed E-state index contributed by atoms with van der Waals surface area (Å²) in [5.74, 6) is -1.99. The lowest BCUT2D eigenvalue weighted by Gasteiger charge is -2.27. The fourth-order valence-electron chi connectivity index (χ4n) is 4.11. The van der Waals surface area contributed by atoms with Crippen molar-refractivity contribution in [2.75, 3.05) is 0 Å². The van der Waals surface area contributed by atoms with Crippen LogP contribution in [-0.2, 0) is 16.6 Å². The molecular weight excluding hydrogens is 370 g/mol. The van der Waals surface area contributed by atoms with E-state index in [-0.39, 0.29) is 29.9 Å². The number of nitrogens with zero attached hydrogens (tertiary/aromatic N) is 2. The lowest BCUT2D eigenvalue weighted by atomic mass is 9.99. The molecule has 0 radical (unpaired) electrons. The van der Waals surface area contributed by atoms with Crippen LogP contribution in [0.25, 0.3) is 22.0 Å². The molecule has 1 atom stereocenters. The number of amides is 4. The number of benzene rings is 2. The average Bonchev–Trinajstić information content (AvgIpc) is 3.20. The molecule has 1 saturated heterocycles. The molecule has 3 aromatic rings. The highest BCUT2D eigenvalue weighted by atomic mass is 16.2. The number of hydrogen-bond acceptors (Lipinski definition) is 4. The molecule has 2 aliphatic rings. The summed E-state index contributed by atoms with van der Waals surface area (Å²) in [4.78, 5) is 50.3. The standard InChI is InChI=1S/C22H17N3O4/c1-24-9-8-14-10-12(3-5-17(14)24)13-2-4-15-16(11-13)22(29)25(21(15)28)18-6-7-19(26)23-20(18)27/h2-5,8-11,18H,6-7H2,1H3,(H,23,26,27). The third-order valence-corrected chi connectivity index (χ3v) is 5.66. The van der Waals surface area contributed by atoms with Crippen molar-refractivity contribution in [3.05, 3.63) is 59.8 Å². The van der Waals surface area contributed by atoms with Crippen molar-refractivity contribution < 1.29 is 19.2 Å². The third kappa shape index (κ3) is 2.58. The minimum absolute atomic E-state index is 0.103. The SMILES string of the molecule is Cn1ccc2cc(-c3ccc4c(c3)C(=O)N(C3CCC(=O)NC3=O)C4=O)ccc21. The van der Waals surface area contributed by atoms with Gasteiger partial charge in [0.15, 0.2) is 0 Å². The molecule has 1 unspecified atom stereocenters. The van der Waals surface area contributed by atoms with Crippen LogP contribution in [0.3, 0.4) is 0 Å². The van der Waals surface area contributed by atoms with Gasteiger partial charge in [-0.1, -0.05) is 12.1 Å². The Kier molecular flexibility index (Phi) is 3.67. The molecule has 1 N–H and O–H groups in total. The largest absolute Gasteiger partial charge is 0.351 e. The molecule has 4 amide bonds. The summed E-state index contributed by atoms with van der Waals surface area (Å²) >= 11 is 0. The molecule has 5 rings (SSSR count). The van der Waals surface area contributed by atoms with E-state index in [1.807, 2.05) is 48.1 Å². The van der Waals surface area contributed by atoms with Crippen LogP contribution >= 0.6 is 0 Å². The van der Waals surface area contributed by atoms with Crippen LogP contribution in [0.5, 0.6) is 0 Å². The lowest BCUT2D eigenvalue weighted by molar-refractivity contribution is -0.136. The first-order valence-electron chi connectivity index (χ1n) is 9.35. The Bertz CT molecular complexity index is 1240. The zero-order chi connectivity index (χ0) is 20.3. The van der Waals surface area contributed by atoms with E-state index in [0.717, 1.165) is 26.9 Å². The first-order valence-corrected chi connectivity index (χ1v) is 9.35. The van der Waals surface area contributed by atoms with Gasteiger partial charge in [0.2, 0.25) is 11.8 Å². The molecule has 2 aromatic carbocycles. The normalized spacial score (nSPS) is 19.1. The van der Waals surface area contributed by atoms with E-state index < -0.39 is 23.8 Å². The van der Waals surface area contributed by atoms with Gasteiger partial charge in [0, 0.05) is 30.6 Å². The van der Waals surface area contributed by atoms with E-state index in [0.29, 0.717) is 0 Å². The quantitative estimate of drug-likeness (QED) is 0.683. The van der Waals surface area contributed by atoms with Gasteiger partial charge < -0.3 is 4.57 Å². The minimum Gasteiger partial charge on any atom is -0.351 e. The third-order valence-electron chi connectivity index (χ3n) is 5.66. The van der Waals surface area contributed by atoms with Crippen LogP contribution in [0, 0.1) is 0 Å². The van der Waals surface area contributed by atoms with Crippen molar-refractivity contribution in [2.24, 2.45) is 7.05 Å². The van der Waals surface area contributed by atoms with E-state index in [9.17, 15) is 19.2 Å². The van der Waals surface area contributed by atoms with Crippen LogP contribution in [-0.4, -0.2) is 39.1 Å². The van der Waals surface area contributed by atoms with Crippen LogP contribution in [0.2, 0.25) is 0 Å². The highest BCUT2D eigenvalue weighted by Gasteiger charge is 2.44. The number of carbonyl (C=O) groups is 4. The van der Waals surface area contributed by atoms with Crippen LogP contribution in [0.1, 0.15) is 33.6 Å². The van der Waals surface area contributed by atoms with E-state index >= 15 is 0 Å². The van der Waals surface area contributed by atoms with Gasteiger partial charge in [0.05, 0.1) is 11.1 Å². The van der Waals surface area contributed by atoms with E-state index in [4.69, 9.17) is 0 Å². The molecule has 1 fully saturated rings. The van der Waals surface area contributed by atoms with Crippen molar-refractivity contribution >= 4 is 34.5 Å². The number of piperidine rings is 1. The van der Waals surface area contributed by atoms with E-state index in [2.05, 4.69) is 5.32 Å². The molecule has 0 saturated carbocycles. The summed E-state index contributed by atoms with van der Waals surface area (Å²) in [7, 11) is 1.98. The molecule has 0 spiro atoms. The number of imide groups is 2. The number of rotatable bonds is 2. The fraction of sp³-hybridized carbons (Fsp3) is 0.182. The second-order valence-electron chi connectivity index (χ2n) is 7.41. The number of nitrogens with one attached hydrogen (secondary N) is 1. The average molecular weight is 387 g/mol. The monoisotopic (exact) mass is 387 g/mol. The molecule has 0 bridgehead atoms. The first-order chi connectivity index (χ1) is 13.9. The summed E-state index contributed by atoms with van der Waals surface area (Å²) < 4.78 is 2.03. The topological polar surface area (TPSA) is 88.5 Å². The number of fused-ring (bicyclic) bond motifs is 2. The molecule has 144 valence electrons. The van der Waals surface area contributed by atoms with Crippen LogP contribution < -0.4 is 5.32 Å². The Balaban J connectivity index is 1.52. The summed E-state index contributed by atoms with van der Waals surface area (Å²) in [5.41, 5.74) is 3.42. The van der Waals surface area contributed by atoms with Gasteiger partial charge in [-0.2, -0.15) is 0 Å². The van der Waals surface area contributed by atoms with Gasteiger partial charge in [-0.3, -0.25) is 29.4 Å². The van der Waals surface area contributed by atoms with Crippen molar-refractivity contribution in [2.45, 2.75) is 18.9 Å². The van der Waals surface area contributed by atoms with Crippen molar-refractivity contribution in [1.29, 1.82) is 0 Å². The van der Waals surface area contributed by atoms with Gasteiger partial charge in [0.25, 0.3) is 11.8 Å². The first kappa shape index (κ1) is 17.4. The van der Waals surface area contributed by atoms with E-state index in [1.165, 1.54) is 0 Å². The minimum atomic E-state index is -0.954. The zero-order valence-corrected chi connectivity index (χ0v) is 15.6. The number of aryl methyl sites for hydroxylation is 1. The maximum Gasteiger partial charge on any atom is 0.262 e. The molecular formula is C22H17N3O4. The maximum atomic E-state index is 13.0. The predicted octanol–water partition coefficient (Wildman–Crippen LogP) is 2.25.